The maximum atomic E-state index is 10.8. The monoisotopic (exact) mass is 224 g/mol. The second-order valence-corrected chi connectivity index (χ2v) is 4.22. The van der Waals surface area contributed by atoms with Crippen molar-refractivity contribution in [1.82, 2.24) is 14.9 Å². The Balaban J connectivity index is 2.11. The van der Waals surface area contributed by atoms with E-state index in [4.69, 9.17) is 0 Å². The lowest BCUT2D eigenvalue weighted by Crippen LogP contribution is -2.22. The Morgan fingerprint density at radius 2 is 2.56 bits per heavy atom. The molecular formula is C10H16N4O2. The first-order valence-corrected chi connectivity index (χ1v) is 5.55. The number of aromatic nitrogens is 2. The normalized spacial score (nSPS) is 19.4. The molecule has 0 bridgehead atoms. The molecule has 1 aliphatic heterocycles. The summed E-state index contributed by atoms with van der Waals surface area (Å²) >= 11 is 0. The van der Waals surface area contributed by atoms with Crippen LogP contribution in [0, 0.1) is 16.0 Å². The lowest BCUT2D eigenvalue weighted by Gasteiger charge is -2.22. The van der Waals surface area contributed by atoms with Crippen LogP contribution < -0.4 is 5.32 Å². The van der Waals surface area contributed by atoms with Crippen LogP contribution in [0.5, 0.6) is 0 Å². The first-order valence-electron chi connectivity index (χ1n) is 5.55. The lowest BCUT2D eigenvalue weighted by atomic mass is 9.93. The zero-order valence-electron chi connectivity index (χ0n) is 9.35. The highest BCUT2D eigenvalue weighted by Crippen LogP contribution is 2.28. The van der Waals surface area contributed by atoms with E-state index in [1.807, 2.05) is 11.6 Å². The van der Waals surface area contributed by atoms with Gasteiger partial charge in [0.2, 0.25) is 6.33 Å². The maximum absolute atomic E-state index is 10.8. The summed E-state index contributed by atoms with van der Waals surface area (Å²) in [6.45, 7) is 1.82. The van der Waals surface area contributed by atoms with Gasteiger partial charge >= 0.3 is 5.82 Å². The summed E-state index contributed by atoms with van der Waals surface area (Å²) in [6.07, 6.45) is 4.51. The number of aryl methyl sites for hydroxylation is 1. The van der Waals surface area contributed by atoms with Crippen molar-refractivity contribution in [3.63, 3.8) is 0 Å². The number of fused-ring (bicyclic) bond motifs is 1. The van der Waals surface area contributed by atoms with Crippen molar-refractivity contribution >= 4 is 5.82 Å². The van der Waals surface area contributed by atoms with Crippen LogP contribution >= 0.6 is 0 Å². The van der Waals surface area contributed by atoms with Crippen molar-refractivity contribution in [2.24, 2.45) is 5.92 Å². The van der Waals surface area contributed by atoms with E-state index in [9.17, 15) is 10.1 Å². The number of nitrogens with one attached hydrogen (secondary N) is 1. The average molecular weight is 224 g/mol. The summed E-state index contributed by atoms with van der Waals surface area (Å²) < 4.78 is 1.91. The molecule has 1 aliphatic rings. The lowest BCUT2D eigenvalue weighted by molar-refractivity contribution is -0.390. The number of hydrogen-bond donors (Lipinski definition) is 1. The van der Waals surface area contributed by atoms with Gasteiger partial charge in [-0.05, 0) is 48.7 Å². The molecule has 0 radical (unpaired) electrons. The fourth-order valence-electron chi connectivity index (χ4n) is 2.24. The fraction of sp³-hybridized carbons (Fsp3) is 0.700. The Kier molecular flexibility index (Phi) is 3.19. The van der Waals surface area contributed by atoms with Gasteiger partial charge in [-0.1, -0.05) is 0 Å². The largest absolute Gasteiger partial charge is 0.384 e. The molecule has 2 rings (SSSR count). The molecule has 1 N–H and O–H groups in total. The summed E-state index contributed by atoms with van der Waals surface area (Å²) in [5.74, 6) is 0.574. The van der Waals surface area contributed by atoms with Crippen LogP contribution in [0.15, 0.2) is 6.33 Å². The summed E-state index contributed by atoms with van der Waals surface area (Å²) in [5, 5.41) is 13.9. The zero-order chi connectivity index (χ0) is 11.5. The van der Waals surface area contributed by atoms with Gasteiger partial charge in [-0.25, -0.2) is 0 Å². The van der Waals surface area contributed by atoms with Gasteiger partial charge in [0, 0.05) is 6.54 Å². The van der Waals surface area contributed by atoms with Crippen molar-refractivity contribution in [3.05, 3.63) is 22.1 Å². The first kappa shape index (κ1) is 11.1. The minimum atomic E-state index is -0.383. The molecule has 0 aliphatic carbocycles. The van der Waals surface area contributed by atoms with Gasteiger partial charge in [-0.15, -0.1) is 0 Å². The molecule has 6 heteroatoms. The molecular weight excluding hydrogens is 208 g/mol. The van der Waals surface area contributed by atoms with E-state index in [1.165, 1.54) is 0 Å². The van der Waals surface area contributed by atoms with Crippen LogP contribution in [-0.2, 0) is 13.0 Å². The molecule has 0 saturated heterocycles. The SMILES string of the molecule is CNCCC1CCn2cnc([N+](=O)[O-])c2C1. The summed E-state index contributed by atoms with van der Waals surface area (Å²) in [5.41, 5.74) is 0.789. The third-order valence-electron chi connectivity index (χ3n) is 3.16. The van der Waals surface area contributed by atoms with Crippen LogP contribution in [0.3, 0.4) is 0 Å². The van der Waals surface area contributed by atoms with E-state index in [1.54, 1.807) is 6.33 Å². The van der Waals surface area contributed by atoms with E-state index in [0.29, 0.717) is 5.92 Å². The van der Waals surface area contributed by atoms with Crippen molar-refractivity contribution in [2.75, 3.05) is 13.6 Å². The van der Waals surface area contributed by atoms with E-state index in [-0.39, 0.29) is 10.7 Å². The van der Waals surface area contributed by atoms with Gasteiger partial charge in [0.1, 0.15) is 5.69 Å². The fourth-order valence-corrected chi connectivity index (χ4v) is 2.24. The maximum Gasteiger partial charge on any atom is 0.384 e. The highest BCUT2D eigenvalue weighted by Gasteiger charge is 2.27. The summed E-state index contributed by atoms with van der Waals surface area (Å²) in [6, 6.07) is 0. The smallest absolute Gasteiger partial charge is 0.358 e. The molecule has 0 fully saturated rings. The minimum absolute atomic E-state index is 0.0363. The van der Waals surface area contributed by atoms with E-state index in [0.717, 1.165) is 38.0 Å². The highest BCUT2D eigenvalue weighted by atomic mass is 16.6. The second-order valence-electron chi connectivity index (χ2n) is 4.22. The number of imidazole rings is 1. The topological polar surface area (TPSA) is 73.0 Å². The molecule has 1 aromatic rings. The van der Waals surface area contributed by atoms with Gasteiger partial charge in [-0.3, -0.25) is 0 Å². The molecule has 1 unspecified atom stereocenters. The van der Waals surface area contributed by atoms with Crippen LogP contribution in [0.25, 0.3) is 0 Å². The Morgan fingerprint density at radius 3 is 3.25 bits per heavy atom. The third kappa shape index (κ3) is 2.06. The Hall–Kier alpha value is -1.43. The highest BCUT2D eigenvalue weighted by molar-refractivity contribution is 5.28. The molecule has 0 saturated carbocycles. The van der Waals surface area contributed by atoms with Crippen LogP contribution in [0.1, 0.15) is 18.5 Å². The minimum Gasteiger partial charge on any atom is -0.358 e. The Labute approximate surface area is 93.8 Å². The van der Waals surface area contributed by atoms with Gasteiger partial charge in [-0.2, -0.15) is 0 Å². The quantitative estimate of drug-likeness (QED) is 0.610. The van der Waals surface area contributed by atoms with Crippen molar-refractivity contribution in [1.29, 1.82) is 0 Å². The molecule has 1 atom stereocenters. The average Bonchev–Trinajstić information content (AvgIpc) is 2.69. The van der Waals surface area contributed by atoms with Crippen molar-refractivity contribution < 1.29 is 4.92 Å². The molecule has 6 nitrogen and oxygen atoms in total. The summed E-state index contributed by atoms with van der Waals surface area (Å²) in [7, 11) is 1.93. The Bertz CT molecular complexity index is 388. The standard InChI is InChI=1S/C10H16N4O2/c1-11-4-2-8-3-5-13-7-12-10(14(15)16)9(13)6-8/h7-8,11H,2-6H2,1H3. The van der Waals surface area contributed by atoms with Gasteiger partial charge < -0.3 is 20.0 Å². The molecule has 88 valence electrons. The summed E-state index contributed by atoms with van der Waals surface area (Å²) in [4.78, 5) is 14.2. The first-order chi connectivity index (χ1) is 7.72. The van der Waals surface area contributed by atoms with Crippen molar-refractivity contribution in [3.8, 4) is 0 Å². The van der Waals surface area contributed by atoms with E-state index in [2.05, 4.69) is 10.3 Å². The van der Waals surface area contributed by atoms with Crippen molar-refractivity contribution in [2.45, 2.75) is 25.8 Å². The number of hydrogen-bond acceptors (Lipinski definition) is 4. The molecule has 2 heterocycles. The van der Waals surface area contributed by atoms with Crippen LogP contribution in [0.2, 0.25) is 0 Å². The predicted molar refractivity (Wildman–Crippen MR) is 59.2 cm³/mol. The van der Waals surface area contributed by atoms with Crippen LogP contribution in [-0.4, -0.2) is 28.1 Å². The van der Waals surface area contributed by atoms with Gasteiger partial charge in [0.25, 0.3) is 0 Å². The predicted octanol–water partition coefficient (Wildman–Crippen LogP) is 0.963. The number of nitrogens with zero attached hydrogens (tertiary/aromatic N) is 3. The van der Waals surface area contributed by atoms with Crippen LogP contribution in [0.4, 0.5) is 5.82 Å². The second kappa shape index (κ2) is 4.61. The van der Waals surface area contributed by atoms with Gasteiger partial charge in [0.05, 0.1) is 0 Å². The van der Waals surface area contributed by atoms with E-state index >= 15 is 0 Å². The molecule has 0 spiro atoms. The molecule has 0 aromatic carbocycles. The number of nitro groups is 1. The third-order valence-corrected chi connectivity index (χ3v) is 3.16. The zero-order valence-corrected chi connectivity index (χ0v) is 9.35. The molecule has 16 heavy (non-hydrogen) atoms. The number of rotatable bonds is 4. The Morgan fingerprint density at radius 1 is 1.75 bits per heavy atom. The van der Waals surface area contributed by atoms with Gasteiger partial charge in [0.15, 0.2) is 0 Å². The molecule has 1 aromatic heterocycles. The molecule has 0 amide bonds. The van der Waals surface area contributed by atoms with E-state index < -0.39 is 0 Å².